The minimum atomic E-state index is -0.196. The SMILES string of the molecule is COc1cccc(CN2CCC3(CC[C@H](C(=O)N4CCCC4)O3)CC2)c1. The van der Waals surface area contributed by atoms with Gasteiger partial charge in [0.1, 0.15) is 11.9 Å². The number of carbonyl (C=O) groups is 1. The van der Waals surface area contributed by atoms with Gasteiger partial charge in [0.15, 0.2) is 0 Å². The molecular weight excluding hydrogens is 328 g/mol. The second kappa shape index (κ2) is 7.57. The molecule has 0 bridgehead atoms. The molecule has 1 amide bonds. The molecule has 0 unspecified atom stereocenters. The molecule has 3 saturated heterocycles. The van der Waals surface area contributed by atoms with Gasteiger partial charge in [0.2, 0.25) is 0 Å². The standard InChI is InChI=1S/C21H30N2O3/c1-25-18-6-4-5-17(15-18)16-22-13-9-21(10-14-22)8-7-19(26-21)20(24)23-11-2-3-12-23/h4-6,15,19H,2-3,7-14,16H2,1H3/t19-/m1/s1. The van der Waals surface area contributed by atoms with Crippen LogP contribution in [0.4, 0.5) is 0 Å². The monoisotopic (exact) mass is 358 g/mol. The molecule has 1 aromatic carbocycles. The molecule has 3 aliphatic rings. The third kappa shape index (κ3) is 3.74. The highest BCUT2D eigenvalue weighted by Gasteiger charge is 2.45. The first-order valence-corrected chi connectivity index (χ1v) is 9.99. The third-order valence-corrected chi connectivity index (χ3v) is 6.26. The highest BCUT2D eigenvalue weighted by molar-refractivity contribution is 5.81. The Kier molecular flexibility index (Phi) is 5.18. The van der Waals surface area contributed by atoms with Crippen molar-refractivity contribution in [1.82, 2.24) is 9.80 Å². The first kappa shape index (κ1) is 17.8. The van der Waals surface area contributed by atoms with Gasteiger partial charge in [0.05, 0.1) is 12.7 Å². The Balaban J connectivity index is 1.30. The van der Waals surface area contributed by atoms with Gasteiger partial charge in [-0.2, -0.15) is 0 Å². The Morgan fingerprint density at radius 3 is 2.69 bits per heavy atom. The van der Waals surface area contributed by atoms with Crippen molar-refractivity contribution in [3.05, 3.63) is 29.8 Å². The number of amides is 1. The quantitative estimate of drug-likeness (QED) is 0.830. The van der Waals surface area contributed by atoms with E-state index < -0.39 is 0 Å². The van der Waals surface area contributed by atoms with Crippen LogP contribution in [-0.2, 0) is 16.1 Å². The van der Waals surface area contributed by atoms with Gasteiger partial charge in [-0.25, -0.2) is 0 Å². The topological polar surface area (TPSA) is 42.0 Å². The van der Waals surface area contributed by atoms with Gasteiger partial charge in [-0.05, 0) is 56.2 Å². The number of ether oxygens (including phenoxy) is 2. The maximum absolute atomic E-state index is 12.6. The number of hydrogen-bond acceptors (Lipinski definition) is 4. The molecule has 5 nitrogen and oxygen atoms in total. The van der Waals surface area contributed by atoms with Crippen LogP contribution < -0.4 is 4.74 Å². The van der Waals surface area contributed by atoms with Crippen molar-refractivity contribution in [2.45, 2.75) is 56.8 Å². The zero-order valence-corrected chi connectivity index (χ0v) is 15.8. The number of carbonyl (C=O) groups excluding carboxylic acids is 1. The number of benzene rings is 1. The van der Waals surface area contributed by atoms with Crippen LogP contribution in [0, 0.1) is 0 Å². The van der Waals surface area contributed by atoms with E-state index in [1.807, 2.05) is 17.0 Å². The van der Waals surface area contributed by atoms with Crippen LogP contribution in [-0.4, -0.2) is 60.7 Å². The van der Waals surface area contributed by atoms with Crippen molar-refractivity contribution in [3.63, 3.8) is 0 Å². The van der Waals surface area contributed by atoms with Crippen LogP contribution in [0.5, 0.6) is 5.75 Å². The predicted octanol–water partition coefficient (Wildman–Crippen LogP) is 2.83. The van der Waals surface area contributed by atoms with E-state index in [0.29, 0.717) is 0 Å². The van der Waals surface area contributed by atoms with Crippen molar-refractivity contribution in [2.75, 3.05) is 33.3 Å². The highest BCUT2D eigenvalue weighted by Crippen LogP contribution is 2.40. The second-order valence-electron chi connectivity index (χ2n) is 7.99. The molecular formula is C21H30N2O3. The molecule has 1 atom stereocenters. The summed E-state index contributed by atoms with van der Waals surface area (Å²) in [6.45, 7) is 4.84. The van der Waals surface area contributed by atoms with E-state index in [9.17, 15) is 4.79 Å². The van der Waals surface area contributed by atoms with Gasteiger partial charge >= 0.3 is 0 Å². The molecule has 3 heterocycles. The minimum absolute atomic E-state index is 0.0646. The molecule has 3 fully saturated rings. The van der Waals surface area contributed by atoms with E-state index in [1.165, 1.54) is 5.56 Å². The molecule has 5 heteroatoms. The molecule has 1 aromatic rings. The van der Waals surface area contributed by atoms with E-state index in [0.717, 1.165) is 77.0 Å². The number of hydrogen-bond donors (Lipinski definition) is 0. The van der Waals surface area contributed by atoms with Gasteiger partial charge in [-0.15, -0.1) is 0 Å². The lowest BCUT2D eigenvalue weighted by Gasteiger charge is -2.39. The van der Waals surface area contributed by atoms with Crippen LogP contribution in [0.1, 0.15) is 44.1 Å². The molecule has 0 radical (unpaired) electrons. The van der Waals surface area contributed by atoms with Crippen molar-refractivity contribution in [2.24, 2.45) is 0 Å². The largest absolute Gasteiger partial charge is 0.497 e. The van der Waals surface area contributed by atoms with E-state index in [-0.39, 0.29) is 17.6 Å². The van der Waals surface area contributed by atoms with Gasteiger partial charge in [-0.1, -0.05) is 12.1 Å². The lowest BCUT2D eigenvalue weighted by Crippen LogP contribution is -2.45. The van der Waals surface area contributed by atoms with Gasteiger partial charge < -0.3 is 14.4 Å². The maximum atomic E-state index is 12.6. The van der Waals surface area contributed by atoms with Crippen LogP contribution in [0.3, 0.4) is 0 Å². The average molecular weight is 358 g/mol. The molecule has 0 N–H and O–H groups in total. The van der Waals surface area contributed by atoms with E-state index in [2.05, 4.69) is 17.0 Å². The summed E-state index contributed by atoms with van der Waals surface area (Å²) in [6.07, 6.45) is 6.07. The summed E-state index contributed by atoms with van der Waals surface area (Å²) in [5.74, 6) is 1.15. The summed E-state index contributed by atoms with van der Waals surface area (Å²) in [5.41, 5.74) is 1.22. The van der Waals surface area contributed by atoms with Crippen LogP contribution in [0.15, 0.2) is 24.3 Å². The average Bonchev–Trinajstić information content (AvgIpc) is 3.34. The molecule has 3 aliphatic heterocycles. The van der Waals surface area contributed by atoms with E-state index >= 15 is 0 Å². The summed E-state index contributed by atoms with van der Waals surface area (Å²) >= 11 is 0. The number of methoxy groups -OCH3 is 1. The lowest BCUT2D eigenvalue weighted by atomic mass is 9.88. The first-order valence-electron chi connectivity index (χ1n) is 9.99. The fourth-order valence-corrected chi connectivity index (χ4v) is 4.64. The molecule has 1 spiro atoms. The Morgan fingerprint density at radius 1 is 1.19 bits per heavy atom. The Bertz CT molecular complexity index is 634. The smallest absolute Gasteiger partial charge is 0.251 e. The Morgan fingerprint density at radius 2 is 1.96 bits per heavy atom. The van der Waals surface area contributed by atoms with Crippen LogP contribution >= 0.6 is 0 Å². The molecule has 26 heavy (non-hydrogen) atoms. The summed E-state index contributed by atoms with van der Waals surface area (Å²) in [7, 11) is 1.71. The van der Waals surface area contributed by atoms with Crippen molar-refractivity contribution in [1.29, 1.82) is 0 Å². The lowest BCUT2D eigenvalue weighted by molar-refractivity contribution is -0.150. The zero-order valence-electron chi connectivity index (χ0n) is 15.8. The first-order chi connectivity index (χ1) is 12.7. The van der Waals surface area contributed by atoms with Crippen molar-refractivity contribution >= 4 is 5.91 Å². The van der Waals surface area contributed by atoms with E-state index in [1.54, 1.807) is 7.11 Å². The summed E-state index contributed by atoms with van der Waals surface area (Å²) in [4.78, 5) is 17.1. The number of piperidine rings is 1. The fourth-order valence-electron chi connectivity index (χ4n) is 4.64. The number of rotatable bonds is 4. The predicted molar refractivity (Wildman–Crippen MR) is 100 cm³/mol. The zero-order chi connectivity index (χ0) is 18.0. The van der Waals surface area contributed by atoms with Gasteiger partial charge in [-0.3, -0.25) is 9.69 Å². The Labute approximate surface area is 156 Å². The molecule has 0 aliphatic carbocycles. The third-order valence-electron chi connectivity index (χ3n) is 6.26. The summed E-state index contributed by atoms with van der Waals surface area (Å²) < 4.78 is 11.7. The number of likely N-dealkylation sites (tertiary alicyclic amines) is 2. The van der Waals surface area contributed by atoms with Crippen LogP contribution in [0.2, 0.25) is 0 Å². The second-order valence-corrected chi connectivity index (χ2v) is 7.99. The van der Waals surface area contributed by atoms with Crippen LogP contribution in [0.25, 0.3) is 0 Å². The minimum Gasteiger partial charge on any atom is -0.497 e. The van der Waals surface area contributed by atoms with E-state index in [4.69, 9.17) is 9.47 Å². The number of nitrogens with zero attached hydrogens (tertiary/aromatic N) is 2. The molecule has 0 saturated carbocycles. The maximum Gasteiger partial charge on any atom is 0.251 e. The summed E-state index contributed by atoms with van der Waals surface area (Å²) in [6, 6.07) is 8.30. The van der Waals surface area contributed by atoms with Gasteiger partial charge in [0, 0.05) is 32.7 Å². The normalized spacial score (nSPS) is 25.7. The van der Waals surface area contributed by atoms with Crippen molar-refractivity contribution < 1.29 is 14.3 Å². The fraction of sp³-hybridized carbons (Fsp3) is 0.667. The summed E-state index contributed by atoms with van der Waals surface area (Å²) in [5, 5.41) is 0. The molecule has 4 rings (SSSR count). The molecule has 142 valence electrons. The van der Waals surface area contributed by atoms with Gasteiger partial charge in [0.25, 0.3) is 5.91 Å². The van der Waals surface area contributed by atoms with Crippen molar-refractivity contribution in [3.8, 4) is 5.75 Å². The molecule has 0 aromatic heterocycles. The Hall–Kier alpha value is -1.59. The highest BCUT2D eigenvalue weighted by atomic mass is 16.5.